The number of thiazole rings is 1. The normalized spacial score (nSPS) is 29.8. The predicted octanol–water partition coefficient (Wildman–Crippen LogP) is 2.70. The number of ether oxygens (including phenoxy) is 1. The van der Waals surface area contributed by atoms with Crippen LogP contribution >= 0.6 is 11.3 Å². The molecular formula is C13H22N2OS. The molecule has 3 nitrogen and oxygen atoms in total. The summed E-state index contributed by atoms with van der Waals surface area (Å²) in [5, 5.41) is 6.85. The highest BCUT2D eigenvalue weighted by Gasteiger charge is 2.40. The number of aryl methyl sites for hydroxylation is 1. The molecule has 1 saturated heterocycles. The van der Waals surface area contributed by atoms with Crippen molar-refractivity contribution in [2.75, 3.05) is 13.7 Å². The van der Waals surface area contributed by atoms with Crippen LogP contribution in [0.4, 0.5) is 0 Å². The second-order valence-electron chi connectivity index (χ2n) is 5.23. The Morgan fingerprint density at radius 1 is 1.59 bits per heavy atom. The van der Waals surface area contributed by atoms with Crippen LogP contribution < -0.4 is 5.32 Å². The van der Waals surface area contributed by atoms with Crippen LogP contribution in [0.3, 0.4) is 0 Å². The molecule has 2 unspecified atom stereocenters. The van der Waals surface area contributed by atoms with Crippen LogP contribution in [-0.4, -0.2) is 24.7 Å². The zero-order valence-electron chi connectivity index (χ0n) is 11.1. The molecule has 2 atom stereocenters. The summed E-state index contributed by atoms with van der Waals surface area (Å²) in [6.07, 6.45) is 2.37. The predicted molar refractivity (Wildman–Crippen MR) is 71.4 cm³/mol. The molecule has 4 heteroatoms. The first-order valence-electron chi connectivity index (χ1n) is 6.30. The van der Waals surface area contributed by atoms with Crippen molar-refractivity contribution in [3.8, 4) is 0 Å². The average molecular weight is 254 g/mol. The first-order chi connectivity index (χ1) is 8.07. The Kier molecular flexibility index (Phi) is 3.85. The van der Waals surface area contributed by atoms with E-state index in [-0.39, 0.29) is 5.54 Å². The summed E-state index contributed by atoms with van der Waals surface area (Å²) in [5.41, 5.74) is 1.14. The SMILES string of the molecule is CNC1(c2nc(C)cs2)CCOC(C(C)C)C1. The Morgan fingerprint density at radius 3 is 2.88 bits per heavy atom. The van der Waals surface area contributed by atoms with Crippen LogP contribution in [0.1, 0.15) is 37.4 Å². The number of hydrogen-bond donors (Lipinski definition) is 1. The fraction of sp³-hybridized carbons (Fsp3) is 0.769. The smallest absolute Gasteiger partial charge is 0.113 e. The van der Waals surface area contributed by atoms with E-state index in [4.69, 9.17) is 4.74 Å². The standard InChI is InChI=1S/C13H22N2OS/c1-9(2)11-7-13(14-4,5-6-16-11)12-15-10(3)8-17-12/h8-9,11,14H,5-7H2,1-4H3. The highest BCUT2D eigenvalue weighted by molar-refractivity contribution is 7.09. The zero-order valence-corrected chi connectivity index (χ0v) is 11.9. The Balaban J connectivity index is 2.24. The fourth-order valence-electron chi connectivity index (χ4n) is 2.42. The van der Waals surface area contributed by atoms with Crippen molar-refractivity contribution in [1.29, 1.82) is 0 Å². The lowest BCUT2D eigenvalue weighted by Crippen LogP contribution is -2.49. The van der Waals surface area contributed by atoms with E-state index in [0.717, 1.165) is 25.1 Å². The minimum Gasteiger partial charge on any atom is -0.378 e. The van der Waals surface area contributed by atoms with Gasteiger partial charge >= 0.3 is 0 Å². The minimum atomic E-state index is 0.0200. The number of aromatic nitrogens is 1. The van der Waals surface area contributed by atoms with E-state index < -0.39 is 0 Å². The van der Waals surface area contributed by atoms with Crippen LogP contribution in [0.25, 0.3) is 0 Å². The van der Waals surface area contributed by atoms with Crippen LogP contribution in [0.2, 0.25) is 0 Å². The largest absolute Gasteiger partial charge is 0.378 e. The summed E-state index contributed by atoms with van der Waals surface area (Å²) < 4.78 is 5.86. The van der Waals surface area contributed by atoms with E-state index in [1.54, 1.807) is 11.3 Å². The highest BCUT2D eigenvalue weighted by Crippen LogP contribution is 2.37. The minimum absolute atomic E-state index is 0.0200. The van der Waals surface area contributed by atoms with Gasteiger partial charge in [-0.15, -0.1) is 11.3 Å². The van der Waals surface area contributed by atoms with Gasteiger partial charge in [0, 0.05) is 17.7 Å². The van der Waals surface area contributed by atoms with E-state index in [2.05, 4.69) is 36.5 Å². The zero-order chi connectivity index (χ0) is 12.5. The Bertz CT molecular complexity index is 377. The Hall–Kier alpha value is -0.450. The molecule has 1 aliphatic rings. The van der Waals surface area contributed by atoms with Gasteiger partial charge in [-0.2, -0.15) is 0 Å². The molecule has 0 saturated carbocycles. The summed E-state index contributed by atoms with van der Waals surface area (Å²) in [7, 11) is 2.04. The number of hydrogen-bond acceptors (Lipinski definition) is 4. The number of nitrogens with one attached hydrogen (secondary N) is 1. The van der Waals surface area contributed by atoms with Gasteiger partial charge in [0.2, 0.25) is 0 Å². The van der Waals surface area contributed by atoms with E-state index in [1.807, 2.05) is 7.05 Å². The van der Waals surface area contributed by atoms with Crippen molar-refractivity contribution in [1.82, 2.24) is 10.3 Å². The molecule has 1 aromatic rings. The van der Waals surface area contributed by atoms with Crippen LogP contribution in [0, 0.1) is 12.8 Å². The molecule has 17 heavy (non-hydrogen) atoms. The lowest BCUT2D eigenvalue weighted by atomic mass is 9.84. The molecule has 0 bridgehead atoms. The molecule has 1 N–H and O–H groups in total. The Labute approximate surface area is 108 Å². The highest BCUT2D eigenvalue weighted by atomic mass is 32.1. The van der Waals surface area contributed by atoms with Crippen molar-refractivity contribution in [2.24, 2.45) is 5.92 Å². The molecule has 0 aliphatic carbocycles. The van der Waals surface area contributed by atoms with Crippen LogP contribution in [0.15, 0.2) is 5.38 Å². The third-order valence-corrected chi connectivity index (χ3v) is 4.83. The monoisotopic (exact) mass is 254 g/mol. The van der Waals surface area contributed by atoms with Gasteiger partial charge in [-0.3, -0.25) is 0 Å². The molecule has 1 aliphatic heterocycles. The average Bonchev–Trinajstić information content (AvgIpc) is 2.76. The van der Waals surface area contributed by atoms with Crippen molar-refractivity contribution in [3.05, 3.63) is 16.1 Å². The Morgan fingerprint density at radius 2 is 2.35 bits per heavy atom. The quantitative estimate of drug-likeness (QED) is 0.900. The topological polar surface area (TPSA) is 34.2 Å². The molecule has 96 valence electrons. The lowest BCUT2D eigenvalue weighted by molar-refractivity contribution is -0.0517. The van der Waals surface area contributed by atoms with E-state index in [0.29, 0.717) is 12.0 Å². The second kappa shape index (κ2) is 5.04. The number of nitrogens with zero attached hydrogens (tertiary/aromatic N) is 1. The molecule has 0 amide bonds. The van der Waals surface area contributed by atoms with Gasteiger partial charge in [0.25, 0.3) is 0 Å². The van der Waals surface area contributed by atoms with Crippen molar-refractivity contribution in [2.45, 2.75) is 45.3 Å². The van der Waals surface area contributed by atoms with Gasteiger partial charge in [0.15, 0.2) is 0 Å². The van der Waals surface area contributed by atoms with Gasteiger partial charge in [-0.05, 0) is 32.7 Å². The molecule has 1 aromatic heterocycles. The van der Waals surface area contributed by atoms with Gasteiger partial charge < -0.3 is 10.1 Å². The third kappa shape index (κ3) is 2.54. The van der Waals surface area contributed by atoms with Gasteiger partial charge in [-0.1, -0.05) is 13.8 Å². The van der Waals surface area contributed by atoms with E-state index in [1.165, 1.54) is 5.01 Å². The lowest BCUT2D eigenvalue weighted by Gasteiger charge is -2.40. The fourth-order valence-corrected chi connectivity index (χ4v) is 3.46. The van der Waals surface area contributed by atoms with Crippen LogP contribution in [-0.2, 0) is 10.3 Å². The maximum Gasteiger partial charge on any atom is 0.113 e. The van der Waals surface area contributed by atoms with Gasteiger partial charge in [-0.25, -0.2) is 4.98 Å². The first-order valence-corrected chi connectivity index (χ1v) is 7.18. The second-order valence-corrected chi connectivity index (χ2v) is 6.09. The molecule has 0 spiro atoms. The molecule has 2 rings (SSSR count). The molecule has 2 heterocycles. The summed E-state index contributed by atoms with van der Waals surface area (Å²) in [5.74, 6) is 0.559. The molecule has 0 aromatic carbocycles. The van der Waals surface area contributed by atoms with Crippen molar-refractivity contribution >= 4 is 11.3 Å². The van der Waals surface area contributed by atoms with E-state index >= 15 is 0 Å². The maximum atomic E-state index is 5.86. The van der Waals surface area contributed by atoms with Gasteiger partial charge in [0.05, 0.1) is 11.6 Å². The van der Waals surface area contributed by atoms with E-state index in [9.17, 15) is 0 Å². The summed E-state index contributed by atoms with van der Waals surface area (Å²) in [4.78, 5) is 4.67. The summed E-state index contributed by atoms with van der Waals surface area (Å²) in [6.45, 7) is 7.33. The molecular weight excluding hydrogens is 232 g/mol. The van der Waals surface area contributed by atoms with Crippen LogP contribution in [0.5, 0.6) is 0 Å². The molecule has 0 radical (unpaired) electrons. The third-order valence-electron chi connectivity index (χ3n) is 3.66. The molecule has 1 fully saturated rings. The number of rotatable bonds is 3. The van der Waals surface area contributed by atoms with Crippen molar-refractivity contribution in [3.63, 3.8) is 0 Å². The summed E-state index contributed by atoms with van der Waals surface area (Å²) >= 11 is 1.76. The maximum absolute atomic E-state index is 5.86. The van der Waals surface area contributed by atoms with Crippen molar-refractivity contribution < 1.29 is 4.74 Å². The first kappa shape index (κ1) is 13.0. The summed E-state index contributed by atoms with van der Waals surface area (Å²) in [6, 6.07) is 0. The van der Waals surface area contributed by atoms with Gasteiger partial charge in [0.1, 0.15) is 5.01 Å².